The second-order valence-electron chi connectivity index (χ2n) is 6.18. The molecule has 0 saturated carbocycles. The van der Waals surface area contributed by atoms with Crippen molar-refractivity contribution in [1.29, 1.82) is 4.78 Å². The molecule has 2 N–H and O–H groups in total. The summed E-state index contributed by atoms with van der Waals surface area (Å²) < 4.78 is 56.9. The molecule has 9 heteroatoms. The summed E-state index contributed by atoms with van der Waals surface area (Å²) >= 11 is 0. The van der Waals surface area contributed by atoms with Gasteiger partial charge in [0.25, 0.3) is 6.43 Å². The summed E-state index contributed by atoms with van der Waals surface area (Å²) in [5.41, 5.74) is 1.69. The molecule has 1 aromatic heterocycles. The topological polar surface area (TPSA) is 91.1 Å². The fourth-order valence-electron chi connectivity index (χ4n) is 2.52. The van der Waals surface area contributed by atoms with Crippen molar-refractivity contribution in [3.8, 4) is 11.1 Å². The third kappa shape index (κ3) is 5.36. The van der Waals surface area contributed by atoms with Gasteiger partial charge >= 0.3 is 0 Å². The van der Waals surface area contributed by atoms with Crippen LogP contribution in [-0.4, -0.2) is 39.4 Å². The molecule has 0 spiro atoms. The molecule has 1 heterocycles. The number of halogens is 3. The molecule has 146 valence electrons. The number of benzene rings is 1. The van der Waals surface area contributed by atoms with Gasteiger partial charge in [0, 0.05) is 30.4 Å². The van der Waals surface area contributed by atoms with Gasteiger partial charge in [-0.05, 0) is 17.2 Å². The molecule has 0 aliphatic heterocycles. The zero-order valence-electron chi connectivity index (χ0n) is 14.4. The molecule has 0 unspecified atom stereocenters. The van der Waals surface area contributed by atoms with Crippen LogP contribution in [0.2, 0.25) is 0 Å². The van der Waals surface area contributed by atoms with Crippen molar-refractivity contribution in [3.63, 3.8) is 0 Å². The van der Waals surface area contributed by atoms with E-state index >= 15 is 0 Å². The molecule has 27 heavy (non-hydrogen) atoms. The van der Waals surface area contributed by atoms with E-state index in [0.29, 0.717) is 16.7 Å². The second-order valence-corrected chi connectivity index (χ2v) is 8.29. The Kier molecular flexibility index (Phi) is 6.72. The zero-order chi connectivity index (χ0) is 20.2. The average Bonchev–Trinajstić information content (AvgIpc) is 2.64. The first-order valence-corrected chi connectivity index (χ1v) is 9.95. The number of Topliss-reactive ketones (excluding diaryl/α,β-unsaturated/α-hetero) is 1. The molecule has 3 atom stereocenters. The highest BCUT2D eigenvalue weighted by atomic mass is 32.2. The van der Waals surface area contributed by atoms with Gasteiger partial charge in [-0.2, -0.15) is 0 Å². The Morgan fingerprint density at radius 3 is 2.22 bits per heavy atom. The van der Waals surface area contributed by atoms with Crippen LogP contribution in [0.5, 0.6) is 0 Å². The van der Waals surface area contributed by atoms with Gasteiger partial charge in [-0.25, -0.2) is 22.8 Å². The summed E-state index contributed by atoms with van der Waals surface area (Å²) in [4.78, 5) is 15.1. The molecule has 2 aromatic rings. The maximum absolute atomic E-state index is 13.1. The second kappa shape index (κ2) is 8.62. The zero-order valence-corrected chi connectivity index (χ0v) is 15.3. The fraction of sp³-hybridized carbons (Fsp3) is 0.333. The van der Waals surface area contributed by atoms with Crippen LogP contribution in [0.15, 0.2) is 47.6 Å². The Bertz CT molecular complexity index is 885. The number of alkyl halides is 3. The van der Waals surface area contributed by atoms with Crippen LogP contribution in [0.3, 0.4) is 0 Å². The van der Waals surface area contributed by atoms with Crippen molar-refractivity contribution in [2.75, 3.05) is 12.9 Å². The van der Waals surface area contributed by atoms with E-state index in [1.165, 1.54) is 30.7 Å². The molecule has 0 amide bonds. The number of rotatable bonds is 8. The number of aliphatic hydroxyl groups excluding tert-OH is 1. The monoisotopic (exact) mass is 400 g/mol. The number of ketones is 1. The molecule has 0 bridgehead atoms. The average molecular weight is 400 g/mol. The lowest BCUT2D eigenvalue weighted by Crippen LogP contribution is -2.22. The quantitative estimate of drug-likeness (QED) is 0.708. The molecule has 0 aliphatic rings. The molecular formula is C18H19F3N2O3S. The lowest BCUT2D eigenvalue weighted by molar-refractivity contribution is -0.131. The van der Waals surface area contributed by atoms with Crippen LogP contribution < -0.4 is 0 Å². The van der Waals surface area contributed by atoms with Gasteiger partial charge < -0.3 is 5.11 Å². The van der Waals surface area contributed by atoms with Gasteiger partial charge in [0.2, 0.25) is 0 Å². The minimum absolute atomic E-state index is 0.160. The van der Waals surface area contributed by atoms with E-state index in [0.717, 1.165) is 0 Å². The SMILES string of the molecule is C[S@@](=N)(=O)c1ccc(-c2ccc([C@@H](O)[C@@H](CF)CC(=O)C(F)F)cc2)cn1. The highest BCUT2D eigenvalue weighted by Crippen LogP contribution is 2.28. The van der Waals surface area contributed by atoms with Crippen LogP contribution in [0.25, 0.3) is 11.1 Å². The van der Waals surface area contributed by atoms with Crippen LogP contribution in [-0.2, 0) is 14.5 Å². The minimum atomic E-state index is -3.19. The maximum atomic E-state index is 13.1. The highest BCUT2D eigenvalue weighted by molar-refractivity contribution is 7.91. The van der Waals surface area contributed by atoms with Gasteiger partial charge in [0.15, 0.2) is 5.78 Å². The number of carbonyl (C=O) groups excluding carboxylic acids is 1. The Morgan fingerprint density at radius 2 is 1.78 bits per heavy atom. The number of nitrogens with one attached hydrogen (secondary N) is 1. The predicted octanol–water partition coefficient (Wildman–Crippen LogP) is 3.63. The van der Waals surface area contributed by atoms with Gasteiger partial charge in [0.05, 0.1) is 22.5 Å². The number of aliphatic hydroxyl groups is 1. The summed E-state index contributed by atoms with van der Waals surface area (Å²) in [6, 6.07) is 9.42. The van der Waals surface area contributed by atoms with Crippen LogP contribution >= 0.6 is 0 Å². The van der Waals surface area contributed by atoms with E-state index in [1.807, 2.05) is 0 Å². The Hall–Kier alpha value is -2.26. The van der Waals surface area contributed by atoms with Crippen molar-refractivity contribution in [3.05, 3.63) is 48.2 Å². The third-order valence-electron chi connectivity index (χ3n) is 4.07. The molecule has 1 aromatic carbocycles. The Morgan fingerprint density at radius 1 is 1.19 bits per heavy atom. The first kappa shape index (κ1) is 21.0. The van der Waals surface area contributed by atoms with E-state index < -0.39 is 47.1 Å². The van der Waals surface area contributed by atoms with E-state index in [2.05, 4.69) is 4.98 Å². The molecule has 2 rings (SSSR count). The normalized spacial score (nSPS) is 15.9. The largest absolute Gasteiger partial charge is 0.388 e. The van der Waals surface area contributed by atoms with E-state index in [-0.39, 0.29) is 5.03 Å². The summed E-state index contributed by atoms with van der Waals surface area (Å²) in [6.45, 7) is -1.10. The lowest BCUT2D eigenvalue weighted by Gasteiger charge is -2.20. The van der Waals surface area contributed by atoms with Gasteiger partial charge in [0.1, 0.15) is 5.03 Å². The van der Waals surface area contributed by atoms with Gasteiger partial charge in [-0.3, -0.25) is 9.18 Å². The number of hydrogen-bond donors (Lipinski definition) is 2. The summed E-state index contributed by atoms with van der Waals surface area (Å²) in [6.07, 6.45) is -2.59. The number of carbonyl (C=O) groups is 1. The molecule has 0 saturated heterocycles. The van der Waals surface area contributed by atoms with Crippen molar-refractivity contribution in [2.45, 2.75) is 24.0 Å². The van der Waals surface area contributed by atoms with Gasteiger partial charge in [-0.15, -0.1) is 0 Å². The fourth-order valence-corrected chi connectivity index (χ4v) is 3.11. The van der Waals surface area contributed by atoms with Gasteiger partial charge in [-0.1, -0.05) is 30.3 Å². The smallest absolute Gasteiger partial charge is 0.295 e. The predicted molar refractivity (Wildman–Crippen MR) is 94.8 cm³/mol. The lowest BCUT2D eigenvalue weighted by atomic mass is 9.91. The molecular weight excluding hydrogens is 381 g/mol. The van der Waals surface area contributed by atoms with E-state index in [1.54, 1.807) is 18.2 Å². The number of pyridine rings is 1. The van der Waals surface area contributed by atoms with Crippen LogP contribution in [0.1, 0.15) is 18.1 Å². The first-order chi connectivity index (χ1) is 12.6. The molecule has 0 aliphatic carbocycles. The first-order valence-electron chi connectivity index (χ1n) is 7.98. The third-order valence-corrected chi connectivity index (χ3v) is 5.11. The Labute approximate surface area is 155 Å². The number of aromatic nitrogens is 1. The van der Waals surface area contributed by atoms with Crippen molar-refractivity contribution >= 4 is 15.5 Å². The van der Waals surface area contributed by atoms with Crippen molar-refractivity contribution in [2.24, 2.45) is 5.92 Å². The Balaban J connectivity index is 2.17. The highest BCUT2D eigenvalue weighted by Gasteiger charge is 2.27. The summed E-state index contributed by atoms with van der Waals surface area (Å²) in [5.74, 6) is -2.64. The summed E-state index contributed by atoms with van der Waals surface area (Å²) in [7, 11) is -2.91. The number of hydrogen-bond acceptors (Lipinski definition) is 5. The standard InChI is InChI=1S/C18H19F3N2O3S/c1-27(22,26)16-7-6-13(10-23-16)11-2-4-12(5-3-11)17(25)14(9-19)8-15(24)18(20)21/h2-7,10,14,17-18,22,25H,8-9H2,1H3/t14-,17-,27-/m1/s1. The maximum Gasteiger partial charge on any atom is 0.295 e. The molecule has 5 nitrogen and oxygen atoms in total. The van der Waals surface area contributed by atoms with Crippen molar-refractivity contribution in [1.82, 2.24) is 4.98 Å². The van der Waals surface area contributed by atoms with E-state index in [4.69, 9.17) is 4.78 Å². The molecule has 0 radical (unpaired) electrons. The molecule has 0 fully saturated rings. The minimum Gasteiger partial charge on any atom is -0.388 e. The van der Waals surface area contributed by atoms with Crippen molar-refractivity contribution < 1.29 is 27.3 Å². The van der Waals surface area contributed by atoms with Crippen LogP contribution in [0.4, 0.5) is 13.2 Å². The summed E-state index contributed by atoms with van der Waals surface area (Å²) in [5, 5.41) is 10.4. The van der Waals surface area contributed by atoms with E-state index in [9.17, 15) is 27.3 Å². The van der Waals surface area contributed by atoms with Crippen LogP contribution in [0, 0.1) is 10.7 Å². The number of nitrogens with zero attached hydrogens (tertiary/aromatic N) is 1.